The molecule has 0 unspecified atom stereocenters. The number of hydrogen-bond acceptors (Lipinski definition) is 3. The number of nitrogen functional groups attached to an aromatic ring is 1. The molecule has 0 fully saturated rings. The van der Waals surface area contributed by atoms with Crippen molar-refractivity contribution in [3.05, 3.63) is 58.9 Å². The fourth-order valence-corrected chi connectivity index (χ4v) is 1.84. The van der Waals surface area contributed by atoms with Gasteiger partial charge in [0.05, 0.1) is 17.3 Å². The maximum atomic E-state index is 13.7. The number of nitrogens with zero attached hydrogens (tertiary/aromatic N) is 1. The van der Waals surface area contributed by atoms with Crippen molar-refractivity contribution in [1.29, 1.82) is 5.26 Å². The Hall–Kier alpha value is -2.54. The number of hydrogen-bond donors (Lipinski definition) is 1. The van der Waals surface area contributed by atoms with Crippen molar-refractivity contribution >= 4 is 5.69 Å². The Morgan fingerprint density at radius 3 is 2.65 bits per heavy atom. The van der Waals surface area contributed by atoms with Gasteiger partial charge < -0.3 is 10.5 Å². The first kappa shape index (κ1) is 13.9. The van der Waals surface area contributed by atoms with Crippen LogP contribution in [-0.2, 0) is 13.0 Å². The molecule has 0 aliphatic heterocycles. The fraction of sp³-hybridized carbons (Fsp3) is 0.188. The van der Waals surface area contributed by atoms with Crippen molar-refractivity contribution < 1.29 is 9.13 Å². The van der Waals surface area contributed by atoms with Gasteiger partial charge in [0.15, 0.2) is 0 Å². The summed E-state index contributed by atoms with van der Waals surface area (Å²) >= 11 is 0. The fourth-order valence-electron chi connectivity index (χ4n) is 1.84. The second kappa shape index (κ2) is 6.07. The highest BCUT2D eigenvalue weighted by Gasteiger charge is 2.06. The summed E-state index contributed by atoms with van der Waals surface area (Å²) in [5.41, 5.74) is 8.23. The summed E-state index contributed by atoms with van der Waals surface area (Å²) in [6, 6.07) is 11.8. The lowest BCUT2D eigenvalue weighted by Gasteiger charge is -2.10. The molecule has 0 saturated carbocycles. The first-order chi connectivity index (χ1) is 9.63. The van der Waals surface area contributed by atoms with Gasteiger partial charge in [0.1, 0.15) is 18.2 Å². The number of rotatable bonds is 4. The van der Waals surface area contributed by atoms with Crippen molar-refractivity contribution in [3.63, 3.8) is 0 Å². The minimum Gasteiger partial charge on any atom is -0.487 e. The van der Waals surface area contributed by atoms with Crippen LogP contribution in [0.1, 0.15) is 23.6 Å². The second-order valence-electron chi connectivity index (χ2n) is 4.43. The van der Waals surface area contributed by atoms with Crippen LogP contribution in [0.3, 0.4) is 0 Å². The smallest absolute Gasteiger partial charge is 0.142 e. The van der Waals surface area contributed by atoms with Crippen LogP contribution in [-0.4, -0.2) is 0 Å². The summed E-state index contributed by atoms with van der Waals surface area (Å²) in [6.07, 6.45) is 0.898. The van der Waals surface area contributed by atoms with Crippen molar-refractivity contribution in [3.8, 4) is 11.8 Å². The minimum absolute atomic E-state index is 0.0766. The largest absolute Gasteiger partial charge is 0.487 e. The van der Waals surface area contributed by atoms with Crippen LogP contribution < -0.4 is 10.5 Å². The highest BCUT2D eigenvalue weighted by molar-refractivity contribution is 5.54. The number of nitrogens with two attached hydrogens (primary N) is 1. The van der Waals surface area contributed by atoms with Crippen molar-refractivity contribution in [2.45, 2.75) is 20.0 Å². The zero-order valence-corrected chi connectivity index (χ0v) is 11.2. The molecule has 0 aliphatic rings. The van der Waals surface area contributed by atoms with Gasteiger partial charge >= 0.3 is 0 Å². The lowest BCUT2D eigenvalue weighted by molar-refractivity contribution is 0.301. The van der Waals surface area contributed by atoms with Crippen LogP contribution >= 0.6 is 0 Å². The first-order valence-electron chi connectivity index (χ1n) is 6.33. The Kier molecular flexibility index (Phi) is 4.21. The third-order valence-electron chi connectivity index (χ3n) is 3.05. The molecule has 0 atom stereocenters. The lowest BCUT2D eigenvalue weighted by Crippen LogP contribution is -2.01. The Bertz CT molecular complexity index is 662. The lowest BCUT2D eigenvalue weighted by atomic mass is 10.1. The molecule has 2 aromatic rings. The molecule has 3 nitrogen and oxygen atoms in total. The van der Waals surface area contributed by atoms with Gasteiger partial charge in [-0.15, -0.1) is 0 Å². The molecular formula is C16H15FN2O. The summed E-state index contributed by atoms with van der Waals surface area (Å²) in [7, 11) is 0. The van der Waals surface area contributed by atoms with Crippen molar-refractivity contribution in [1.82, 2.24) is 0 Å². The first-order valence-corrected chi connectivity index (χ1v) is 6.33. The van der Waals surface area contributed by atoms with E-state index in [-0.39, 0.29) is 12.2 Å². The van der Waals surface area contributed by atoms with Crippen LogP contribution in [0.2, 0.25) is 0 Å². The molecule has 0 heterocycles. The van der Waals surface area contributed by atoms with E-state index in [9.17, 15) is 4.39 Å². The molecule has 4 heteroatoms. The quantitative estimate of drug-likeness (QED) is 0.866. The highest BCUT2D eigenvalue weighted by Crippen LogP contribution is 2.24. The molecular weight excluding hydrogens is 255 g/mol. The molecule has 2 aromatic carbocycles. The van der Waals surface area contributed by atoms with Gasteiger partial charge in [-0.1, -0.05) is 19.1 Å². The molecule has 0 bridgehead atoms. The third-order valence-corrected chi connectivity index (χ3v) is 3.05. The Balaban J connectivity index is 2.11. The van der Waals surface area contributed by atoms with E-state index in [2.05, 4.69) is 0 Å². The van der Waals surface area contributed by atoms with E-state index in [1.54, 1.807) is 18.2 Å². The third kappa shape index (κ3) is 3.07. The Morgan fingerprint density at radius 2 is 2.05 bits per heavy atom. The van der Waals surface area contributed by atoms with Crippen LogP contribution in [0.15, 0.2) is 36.4 Å². The maximum Gasteiger partial charge on any atom is 0.142 e. The summed E-state index contributed by atoms with van der Waals surface area (Å²) in [6.45, 7) is 2.12. The molecule has 0 spiro atoms. The number of anilines is 1. The van der Waals surface area contributed by atoms with Crippen LogP contribution in [0, 0.1) is 17.1 Å². The standard InChI is InChI=1S/C16H15FN2O/c1-2-11-4-6-16(15(19)8-11)20-10-13-5-3-12(9-18)7-14(13)17/h3-8H,2,10,19H2,1H3. The number of aryl methyl sites for hydroxylation is 1. The topological polar surface area (TPSA) is 59.0 Å². The molecule has 102 valence electrons. The summed E-state index contributed by atoms with van der Waals surface area (Å²) in [4.78, 5) is 0. The number of nitriles is 1. The van der Waals surface area contributed by atoms with E-state index < -0.39 is 5.82 Å². The summed E-state index contributed by atoms with van der Waals surface area (Å²) < 4.78 is 19.2. The molecule has 20 heavy (non-hydrogen) atoms. The predicted molar refractivity (Wildman–Crippen MR) is 75.7 cm³/mol. The molecule has 0 aromatic heterocycles. The summed E-state index contributed by atoms with van der Waals surface area (Å²) in [5, 5.41) is 8.68. The number of ether oxygens (including phenoxy) is 1. The van der Waals surface area contributed by atoms with E-state index in [1.807, 2.05) is 25.1 Å². The van der Waals surface area contributed by atoms with E-state index >= 15 is 0 Å². The second-order valence-corrected chi connectivity index (χ2v) is 4.43. The molecule has 0 amide bonds. The number of halogens is 1. The maximum absolute atomic E-state index is 13.7. The molecule has 2 rings (SSSR count). The Labute approximate surface area is 117 Å². The molecule has 0 saturated heterocycles. The van der Waals surface area contributed by atoms with Gasteiger partial charge in [-0.3, -0.25) is 0 Å². The SMILES string of the molecule is CCc1ccc(OCc2ccc(C#N)cc2F)c(N)c1. The van der Waals surface area contributed by atoms with Gasteiger partial charge in [0.2, 0.25) is 0 Å². The monoisotopic (exact) mass is 270 g/mol. The van der Waals surface area contributed by atoms with Gasteiger partial charge in [0.25, 0.3) is 0 Å². The average Bonchev–Trinajstić information content (AvgIpc) is 2.46. The van der Waals surface area contributed by atoms with Gasteiger partial charge in [-0.25, -0.2) is 4.39 Å². The molecule has 0 aliphatic carbocycles. The Morgan fingerprint density at radius 1 is 1.25 bits per heavy atom. The van der Waals surface area contributed by atoms with Gasteiger partial charge in [-0.2, -0.15) is 5.26 Å². The van der Waals surface area contributed by atoms with Crippen molar-refractivity contribution in [2.75, 3.05) is 5.73 Å². The predicted octanol–water partition coefficient (Wildman–Crippen LogP) is 3.42. The van der Waals surface area contributed by atoms with Gasteiger partial charge in [-0.05, 0) is 36.2 Å². The molecule has 0 radical (unpaired) electrons. The van der Waals surface area contributed by atoms with Crippen LogP contribution in [0.25, 0.3) is 0 Å². The van der Waals surface area contributed by atoms with E-state index in [4.69, 9.17) is 15.7 Å². The normalized spacial score (nSPS) is 10.1. The van der Waals surface area contributed by atoms with Crippen LogP contribution in [0.5, 0.6) is 5.75 Å². The van der Waals surface area contributed by atoms with E-state index in [0.717, 1.165) is 12.0 Å². The summed E-state index contributed by atoms with van der Waals surface area (Å²) in [5.74, 6) is 0.0822. The average molecular weight is 270 g/mol. The van der Waals surface area contributed by atoms with Gasteiger partial charge in [0, 0.05) is 5.56 Å². The minimum atomic E-state index is -0.451. The highest BCUT2D eigenvalue weighted by atomic mass is 19.1. The van der Waals surface area contributed by atoms with E-state index in [1.165, 1.54) is 6.07 Å². The van der Waals surface area contributed by atoms with Crippen molar-refractivity contribution in [2.24, 2.45) is 0 Å². The zero-order chi connectivity index (χ0) is 14.5. The molecule has 2 N–H and O–H groups in total. The van der Waals surface area contributed by atoms with E-state index in [0.29, 0.717) is 17.0 Å². The number of benzene rings is 2. The zero-order valence-electron chi connectivity index (χ0n) is 11.2. The van der Waals surface area contributed by atoms with Crippen LogP contribution in [0.4, 0.5) is 10.1 Å².